The summed E-state index contributed by atoms with van der Waals surface area (Å²) in [4.78, 5) is 10.6. The maximum absolute atomic E-state index is 9.20. The molecule has 22 heavy (non-hydrogen) atoms. The molecule has 112 valence electrons. The molecule has 1 aromatic heterocycles. The van der Waals surface area contributed by atoms with Crippen molar-refractivity contribution in [3.63, 3.8) is 0 Å². The largest absolute Gasteiger partial charge is 0.366 e. The van der Waals surface area contributed by atoms with Crippen LogP contribution in [0.5, 0.6) is 0 Å². The molecule has 1 atom stereocenters. The summed E-state index contributed by atoms with van der Waals surface area (Å²) >= 11 is 0. The van der Waals surface area contributed by atoms with Crippen LogP contribution in [0.25, 0.3) is 0 Å². The molecule has 1 aromatic carbocycles. The summed E-state index contributed by atoms with van der Waals surface area (Å²) in [5, 5.41) is 12.7. The third kappa shape index (κ3) is 3.60. The number of aromatic nitrogens is 2. The first-order valence-corrected chi connectivity index (χ1v) is 7.58. The fourth-order valence-electron chi connectivity index (χ4n) is 2.91. The molecule has 1 fully saturated rings. The molecule has 0 spiro atoms. The smallest absolute Gasteiger partial charge is 0.129 e. The van der Waals surface area contributed by atoms with Crippen LogP contribution in [0, 0.1) is 11.3 Å². The molecular weight excluding hydrogens is 274 g/mol. The Morgan fingerprint density at radius 2 is 2.23 bits per heavy atom. The van der Waals surface area contributed by atoms with Crippen molar-refractivity contribution in [3.05, 3.63) is 54.0 Å². The first-order chi connectivity index (χ1) is 10.8. The average molecular weight is 293 g/mol. The third-order valence-corrected chi connectivity index (χ3v) is 3.97. The number of nitrogens with zero attached hydrogens (tertiary/aromatic N) is 4. The predicted octanol–water partition coefficient (Wildman–Crippen LogP) is 2.42. The molecule has 0 saturated carbocycles. The highest BCUT2D eigenvalue weighted by molar-refractivity contribution is 5.37. The summed E-state index contributed by atoms with van der Waals surface area (Å²) in [5.74, 6) is 0.874. The number of nitrogens with one attached hydrogen (secondary N) is 1. The van der Waals surface area contributed by atoms with Gasteiger partial charge in [-0.15, -0.1) is 0 Å². The van der Waals surface area contributed by atoms with E-state index in [4.69, 9.17) is 0 Å². The molecule has 2 aromatic rings. The molecule has 1 aliphatic rings. The van der Waals surface area contributed by atoms with Gasteiger partial charge in [-0.1, -0.05) is 18.2 Å². The lowest BCUT2D eigenvalue weighted by atomic mass is 10.0. The highest BCUT2D eigenvalue weighted by Gasteiger charge is 2.20. The van der Waals surface area contributed by atoms with Gasteiger partial charge in [0.15, 0.2) is 0 Å². The van der Waals surface area contributed by atoms with E-state index in [2.05, 4.69) is 26.3 Å². The molecule has 5 heteroatoms. The number of nitriles is 1. The lowest BCUT2D eigenvalue weighted by Gasteiger charge is -2.33. The number of rotatable bonds is 4. The normalized spacial score (nSPS) is 18.6. The Balaban J connectivity index is 1.62. The van der Waals surface area contributed by atoms with Gasteiger partial charge in [0, 0.05) is 25.3 Å². The molecule has 2 heterocycles. The number of likely N-dealkylation sites (tertiary alicyclic amines) is 1. The van der Waals surface area contributed by atoms with Gasteiger partial charge in [0.2, 0.25) is 0 Å². The fraction of sp³-hybridized carbons (Fsp3) is 0.353. The standard InChI is InChI=1S/C17H19N5/c18-10-14-4-1-2-5-15(14)11-22-9-3-6-16(12-22)21-17-7-8-19-13-20-17/h1-2,4-5,7-8,13,16H,3,6,9,11-12H2,(H,19,20,21). The van der Waals surface area contributed by atoms with E-state index in [0.29, 0.717) is 6.04 Å². The zero-order chi connectivity index (χ0) is 15.2. The van der Waals surface area contributed by atoms with Crippen LogP contribution < -0.4 is 5.32 Å². The van der Waals surface area contributed by atoms with Crippen LogP contribution in [0.1, 0.15) is 24.0 Å². The minimum atomic E-state index is 0.387. The molecule has 0 bridgehead atoms. The van der Waals surface area contributed by atoms with Gasteiger partial charge in [-0.2, -0.15) is 5.26 Å². The van der Waals surface area contributed by atoms with Crippen LogP contribution in [0.4, 0.5) is 5.82 Å². The number of hydrogen-bond acceptors (Lipinski definition) is 5. The Kier molecular flexibility index (Phi) is 4.62. The quantitative estimate of drug-likeness (QED) is 0.938. The van der Waals surface area contributed by atoms with Crippen LogP contribution in [0.3, 0.4) is 0 Å². The van der Waals surface area contributed by atoms with Gasteiger partial charge >= 0.3 is 0 Å². The van der Waals surface area contributed by atoms with Crippen molar-refractivity contribution in [1.29, 1.82) is 5.26 Å². The topological polar surface area (TPSA) is 64.8 Å². The number of hydrogen-bond donors (Lipinski definition) is 1. The zero-order valence-corrected chi connectivity index (χ0v) is 12.4. The van der Waals surface area contributed by atoms with Gasteiger partial charge in [-0.05, 0) is 37.1 Å². The van der Waals surface area contributed by atoms with Crippen molar-refractivity contribution in [2.45, 2.75) is 25.4 Å². The van der Waals surface area contributed by atoms with Gasteiger partial charge in [0.25, 0.3) is 0 Å². The summed E-state index contributed by atoms with van der Waals surface area (Å²) in [6.07, 6.45) is 5.60. The van der Waals surface area contributed by atoms with Crippen LogP contribution in [-0.4, -0.2) is 34.0 Å². The Morgan fingerprint density at radius 3 is 3.05 bits per heavy atom. The second-order valence-corrected chi connectivity index (χ2v) is 5.58. The Hall–Kier alpha value is -2.45. The van der Waals surface area contributed by atoms with Crippen LogP contribution in [-0.2, 0) is 6.54 Å². The predicted molar refractivity (Wildman–Crippen MR) is 85.1 cm³/mol. The molecule has 0 radical (unpaired) electrons. The van der Waals surface area contributed by atoms with Crippen LogP contribution >= 0.6 is 0 Å². The van der Waals surface area contributed by atoms with E-state index in [0.717, 1.165) is 49.4 Å². The van der Waals surface area contributed by atoms with E-state index in [1.165, 1.54) is 0 Å². The summed E-state index contributed by atoms with van der Waals surface area (Å²) in [6, 6.07) is 12.4. The summed E-state index contributed by atoms with van der Waals surface area (Å²) in [5.41, 5.74) is 1.88. The number of benzene rings is 1. The van der Waals surface area contributed by atoms with Crippen LogP contribution in [0.15, 0.2) is 42.9 Å². The molecule has 0 amide bonds. The molecule has 1 saturated heterocycles. The first-order valence-electron chi connectivity index (χ1n) is 7.58. The van der Waals surface area contributed by atoms with Crippen molar-refractivity contribution in [2.24, 2.45) is 0 Å². The Labute approximate surface area is 130 Å². The van der Waals surface area contributed by atoms with Gasteiger partial charge in [0.05, 0.1) is 11.6 Å². The van der Waals surface area contributed by atoms with Crippen LogP contribution in [0.2, 0.25) is 0 Å². The number of piperidine rings is 1. The SMILES string of the molecule is N#Cc1ccccc1CN1CCCC(Nc2ccncn2)C1. The minimum Gasteiger partial charge on any atom is -0.366 e. The molecule has 0 aliphatic carbocycles. The monoisotopic (exact) mass is 293 g/mol. The van der Waals surface area contributed by atoms with Gasteiger partial charge in [-0.3, -0.25) is 4.90 Å². The van der Waals surface area contributed by atoms with E-state index in [-0.39, 0.29) is 0 Å². The second-order valence-electron chi connectivity index (χ2n) is 5.58. The Bertz CT molecular complexity index is 650. The van der Waals surface area contributed by atoms with Gasteiger partial charge in [-0.25, -0.2) is 9.97 Å². The maximum Gasteiger partial charge on any atom is 0.129 e. The highest BCUT2D eigenvalue weighted by Crippen LogP contribution is 2.18. The molecule has 3 rings (SSSR count). The lowest BCUT2D eigenvalue weighted by molar-refractivity contribution is 0.208. The molecular formula is C17H19N5. The Morgan fingerprint density at radius 1 is 1.32 bits per heavy atom. The van der Waals surface area contributed by atoms with E-state index in [1.807, 2.05) is 30.3 Å². The van der Waals surface area contributed by atoms with Gasteiger partial charge < -0.3 is 5.32 Å². The third-order valence-electron chi connectivity index (χ3n) is 3.97. The minimum absolute atomic E-state index is 0.387. The van der Waals surface area contributed by atoms with Crippen molar-refractivity contribution < 1.29 is 0 Å². The molecule has 1 aliphatic heterocycles. The summed E-state index contributed by atoms with van der Waals surface area (Å²) < 4.78 is 0. The maximum atomic E-state index is 9.20. The second kappa shape index (κ2) is 7.01. The average Bonchev–Trinajstić information content (AvgIpc) is 2.57. The van der Waals surface area contributed by atoms with Crippen molar-refractivity contribution in [3.8, 4) is 6.07 Å². The lowest BCUT2D eigenvalue weighted by Crippen LogP contribution is -2.41. The van der Waals surface area contributed by atoms with Gasteiger partial charge in [0.1, 0.15) is 12.1 Å². The van der Waals surface area contributed by atoms with Crippen molar-refractivity contribution in [2.75, 3.05) is 18.4 Å². The van der Waals surface area contributed by atoms with E-state index in [1.54, 1.807) is 12.5 Å². The summed E-state index contributed by atoms with van der Waals surface area (Å²) in [6.45, 7) is 2.86. The highest BCUT2D eigenvalue weighted by atomic mass is 15.2. The fourth-order valence-corrected chi connectivity index (χ4v) is 2.91. The number of anilines is 1. The zero-order valence-electron chi connectivity index (χ0n) is 12.4. The van der Waals surface area contributed by atoms with Crippen molar-refractivity contribution in [1.82, 2.24) is 14.9 Å². The first kappa shape index (κ1) is 14.5. The van der Waals surface area contributed by atoms with E-state index in [9.17, 15) is 5.26 Å². The van der Waals surface area contributed by atoms with E-state index >= 15 is 0 Å². The molecule has 1 unspecified atom stereocenters. The summed E-state index contributed by atoms with van der Waals surface area (Å²) in [7, 11) is 0. The van der Waals surface area contributed by atoms with E-state index < -0.39 is 0 Å². The molecule has 1 N–H and O–H groups in total. The van der Waals surface area contributed by atoms with Crippen molar-refractivity contribution >= 4 is 5.82 Å². The molecule has 5 nitrogen and oxygen atoms in total.